The average molecular weight is 234 g/mol. The van der Waals surface area contributed by atoms with Crippen LogP contribution in [0.15, 0.2) is 18.5 Å². The van der Waals surface area contributed by atoms with Gasteiger partial charge in [-0.3, -0.25) is 9.36 Å². The van der Waals surface area contributed by atoms with Gasteiger partial charge in [0.1, 0.15) is 0 Å². The van der Waals surface area contributed by atoms with Gasteiger partial charge in [-0.05, 0) is 12.5 Å². The fraction of sp³-hybridized carbons (Fsp3) is 0.364. The molecule has 0 spiro atoms. The number of rotatable bonds is 4. The Labute approximate surface area is 98.5 Å². The fourth-order valence-electron chi connectivity index (χ4n) is 1.62. The Kier molecular flexibility index (Phi) is 2.95. The highest BCUT2D eigenvalue weighted by molar-refractivity contribution is 5.86. The molecular weight excluding hydrogens is 220 g/mol. The molecule has 2 aromatic heterocycles. The molecule has 0 bridgehead atoms. The Morgan fingerprint density at radius 3 is 2.82 bits per heavy atom. The summed E-state index contributed by atoms with van der Waals surface area (Å²) in [7, 11) is 1.87. The predicted molar refractivity (Wildman–Crippen MR) is 60.9 cm³/mol. The van der Waals surface area contributed by atoms with Gasteiger partial charge < -0.3 is 5.11 Å². The molecule has 2 heterocycles. The van der Waals surface area contributed by atoms with Crippen molar-refractivity contribution in [2.75, 3.05) is 0 Å². The van der Waals surface area contributed by atoms with Crippen LogP contribution in [0.5, 0.6) is 0 Å². The number of aryl methyl sites for hydroxylation is 2. The number of hydrogen-bond donors (Lipinski definition) is 1. The molecule has 0 aliphatic rings. The largest absolute Gasteiger partial charge is 0.478 e. The highest BCUT2D eigenvalue weighted by atomic mass is 16.4. The molecule has 0 fully saturated rings. The van der Waals surface area contributed by atoms with Gasteiger partial charge in [0.15, 0.2) is 0 Å². The summed E-state index contributed by atoms with van der Waals surface area (Å²) in [6.07, 6.45) is 3.74. The van der Waals surface area contributed by atoms with E-state index in [1.807, 2.05) is 20.0 Å². The summed E-state index contributed by atoms with van der Waals surface area (Å²) < 4.78 is 3.39. The number of aromatic carboxylic acids is 1. The van der Waals surface area contributed by atoms with Crippen LogP contribution in [0, 0.1) is 0 Å². The van der Waals surface area contributed by atoms with Crippen LogP contribution in [-0.4, -0.2) is 30.6 Å². The quantitative estimate of drug-likeness (QED) is 0.854. The Morgan fingerprint density at radius 1 is 1.53 bits per heavy atom. The van der Waals surface area contributed by atoms with Gasteiger partial charge in [0.25, 0.3) is 0 Å². The number of carbonyl (C=O) groups is 1. The predicted octanol–water partition coefficient (Wildman–Crippen LogP) is 0.925. The van der Waals surface area contributed by atoms with E-state index in [0.29, 0.717) is 6.54 Å². The van der Waals surface area contributed by atoms with Crippen molar-refractivity contribution in [3.63, 3.8) is 0 Å². The smallest absolute Gasteiger partial charge is 0.338 e. The fourth-order valence-corrected chi connectivity index (χ4v) is 1.62. The molecular formula is C11H14N4O2. The van der Waals surface area contributed by atoms with E-state index in [-0.39, 0.29) is 5.56 Å². The van der Waals surface area contributed by atoms with Crippen LogP contribution in [0.3, 0.4) is 0 Å². The molecule has 0 amide bonds. The van der Waals surface area contributed by atoms with Crippen LogP contribution >= 0.6 is 0 Å². The number of aromatic nitrogens is 4. The molecule has 0 aromatic carbocycles. The monoisotopic (exact) mass is 234 g/mol. The Hall–Kier alpha value is -2.11. The molecule has 6 heteroatoms. The molecule has 0 unspecified atom stereocenters. The van der Waals surface area contributed by atoms with Crippen LogP contribution in [-0.2, 0) is 20.0 Å². The van der Waals surface area contributed by atoms with Crippen molar-refractivity contribution in [3.05, 3.63) is 35.4 Å². The highest BCUT2D eigenvalue weighted by Crippen LogP contribution is 2.07. The van der Waals surface area contributed by atoms with Crippen molar-refractivity contribution in [1.82, 2.24) is 19.6 Å². The minimum absolute atomic E-state index is 0.197. The van der Waals surface area contributed by atoms with Crippen molar-refractivity contribution in [1.29, 1.82) is 0 Å². The first-order chi connectivity index (χ1) is 8.10. The van der Waals surface area contributed by atoms with Crippen molar-refractivity contribution in [2.24, 2.45) is 7.05 Å². The molecule has 2 rings (SSSR count). The molecule has 0 radical (unpaired) electrons. The lowest BCUT2D eigenvalue weighted by Gasteiger charge is -2.01. The average Bonchev–Trinajstić information content (AvgIpc) is 2.87. The maximum atomic E-state index is 10.7. The summed E-state index contributed by atoms with van der Waals surface area (Å²) in [5.41, 5.74) is 2.22. The molecule has 0 saturated carbocycles. The van der Waals surface area contributed by atoms with Crippen molar-refractivity contribution >= 4 is 5.97 Å². The second-order valence-electron chi connectivity index (χ2n) is 3.84. The third-order valence-corrected chi connectivity index (χ3v) is 2.59. The first-order valence-corrected chi connectivity index (χ1v) is 5.37. The maximum absolute atomic E-state index is 10.7. The second kappa shape index (κ2) is 4.40. The van der Waals surface area contributed by atoms with E-state index in [4.69, 9.17) is 5.11 Å². The van der Waals surface area contributed by atoms with Crippen LogP contribution < -0.4 is 0 Å². The van der Waals surface area contributed by atoms with Gasteiger partial charge in [-0.1, -0.05) is 6.92 Å². The summed E-state index contributed by atoms with van der Waals surface area (Å²) >= 11 is 0. The molecule has 17 heavy (non-hydrogen) atoms. The van der Waals surface area contributed by atoms with E-state index in [2.05, 4.69) is 10.2 Å². The summed E-state index contributed by atoms with van der Waals surface area (Å²) in [5.74, 6) is -0.962. The van der Waals surface area contributed by atoms with Crippen LogP contribution in [0.25, 0.3) is 0 Å². The number of carboxylic acid groups (broad SMARTS) is 1. The Balaban J connectivity index is 2.19. The number of hydrogen-bond acceptors (Lipinski definition) is 3. The van der Waals surface area contributed by atoms with Crippen molar-refractivity contribution in [2.45, 2.75) is 19.9 Å². The van der Waals surface area contributed by atoms with Gasteiger partial charge in [-0.2, -0.15) is 10.2 Å². The first-order valence-electron chi connectivity index (χ1n) is 5.37. The van der Waals surface area contributed by atoms with Gasteiger partial charge in [-0.15, -0.1) is 0 Å². The van der Waals surface area contributed by atoms with E-state index in [1.54, 1.807) is 9.36 Å². The van der Waals surface area contributed by atoms with E-state index in [1.165, 1.54) is 12.4 Å². The lowest BCUT2D eigenvalue weighted by molar-refractivity contribution is 0.0697. The molecule has 0 aliphatic carbocycles. The zero-order chi connectivity index (χ0) is 12.4. The Morgan fingerprint density at radius 2 is 2.29 bits per heavy atom. The number of nitrogens with zero attached hydrogens (tertiary/aromatic N) is 4. The SMILES string of the molecule is CCc1cc(Cn2cc(C(=O)O)cn2)n(C)n1. The van der Waals surface area contributed by atoms with E-state index in [9.17, 15) is 4.79 Å². The van der Waals surface area contributed by atoms with Gasteiger partial charge >= 0.3 is 5.97 Å². The summed E-state index contributed by atoms with van der Waals surface area (Å²) in [4.78, 5) is 10.7. The van der Waals surface area contributed by atoms with E-state index in [0.717, 1.165) is 17.8 Å². The lowest BCUT2D eigenvalue weighted by atomic mass is 10.3. The molecule has 0 saturated heterocycles. The number of carboxylic acids is 1. The standard InChI is InChI=1S/C11H14N4O2/c1-3-9-4-10(14(2)13-9)7-15-6-8(5-12-15)11(16)17/h4-6H,3,7H2,1-2H3,(H,16,17). The molecule has 6 nitrogen and oxygen atoms in total. The maximum Gasteiger partial charge on any atom is 0.338 e. The zero-order valence-corrected chi connectivity index (χ0v) is 9.79. The molecule has 2 aromatic rings. The van der Waals surface area contributed by atoms with Gasteiger partial charge in [-0.25, -0.2) is 4.79 Å². The van der Waals surface area contributed by atoms with Crippen LogP contribution in [0.4, 0.5) is 0 Å². The third-order valence-electron chi connectivity index (χ3n) is 2.59. The summed E-state index contributed by atoms with van der Waals surface area (Å²) in [5, 5.41) is 17.1. The third kappa shape index (κ3) is 2.35. The lowest BCUT2D eigenvalue weighted by Crippen LogP contribution is -2.06. The topological polar surface area (TPSA) is 72.9 Å². The molecule has 1 N–H and O–H groups in total. The summed E-state index contributed by atoms with van der Waals surface area (Å²) in [6.45, 7) is 2.57. The Bertz CT molecular complexity index is 541. The second-order valence-corrected chi connectivity index (χ2v) is 3.84. The highest BCUT2D eigenvalue weighted by Gasteiger charge is 2.08. The van der Waals surface area contributed by atoms with Crippen LogP contribution in [0.2, 0.25) is 0 Å². The van der Waals surface area contributed by atoms with Gasteiger partial charge in [0, 0.05) is 13.2 Å². The molecule has 90 valence electrons. The normalized spacial score (nSPS) is 10.7. The van der Waals surface area contributed by atoms with Gasteiger partial charge in [0.2, 0.25) is 0 Å². The van der Waals surface area contributed by atoms with E-state index < -0.39 is 5.97 Å². The van der Waals surface area contributed by atoms with E-state index >= 15 is 0 Å². The molecule has 0 atom stereocenters. The van der Waals surface area contributed by atoms with Crippen LogP contribution in [0.1, 0.15) is 28.7 Å². The zero-order valence-electron chi connectivity index (χ0n) is 9.79. The minimum Gasteiger partial charge on any atom is -0.478 e. The minimum atomic E-state index is -0.962. The first kappa shape index (κ1) is 11.4. The summed E-state index contributed by atoms with van der Waals surface area (Å²) in [6, 6.07) is 2.00. The van der Waals surface area contributed by atoms with Gasteiger partial charge in [0.05, 0.1) is 29.7 Å². The van der Waals surface area contributed by atoms with Crippen molar-refractivity contribution in [3.8, 4) is 0 Å². The molecule has 0 aliphatic heterocycles. The van der Waals surface area contributed by atoms with Crippen molar-refractivity contribution < 1.29 is 9.90 Å².